The number of rotatable bonds is 6. The maximum absolute atomic E-state index is 6.32. The van der Waals surface area contributed by atoms with Crippen LogP contribution in [0, 0.1) is 0 Å². The lowest BCUT2D eigenvalue weighted by molar-refractivity contribution is 0.0111. The number of hydrogen-bond donors (Lipinski definition) is 1. The molecule has 0 bridgehead atoms. The fourth-order valence-electron chi connectivity index (χ4n) is 5.31. The highest BCUT2D eigenvalue weighted by Gasteiger charge is 2.29. The Labute approximate surface area is 191 Å². The molecule has 1 fully saturated rings. The molecule has 168 valence electrons. The first-order valence-corrected chi connectivity index (χ1v) is 12.0. The van der Waals surface area contributed by atoms with Crippen LogP contribution in [0.1, 0.15) is 35.4 Å². The second-order valence-electron chi connectivity index (χ2n) is 8.99. The lowest BCUT2D eigenvalue weighted by Gasteiger charge is -2.29. The molecule has 2 aliphatic carbocycles. The molecule has 0 aromatic heterocycles. The number of morpholine rings is 1. The second kappa shape index (κ2) is 10.0. The lowest BCUT2D eigenvalue weighted by Crippen LogP contribution is -2.38. The first-order valence-electron chi connectivity index (χ1n) is 12.0. The number of nitrogens with zero attached hydrogens (tertiary/aromatic N) is 1. The summed E-state index contributed by atoms with van der Waals surface area (Å²) in [6.07, 6.45) is 8.05. The molecule has 5 rings (SSSR count). The molecular formula is C28H34N2O2. The summed E-state index contributed by atoms with van der Waals surface area (Å²) in [5.41, 5.74) is 8.46. The Morgan fingerprint density at radius 2 is 1.94 bits per heavy atom. The molecule has 2 unspecified atom stereocenters. The molecule has 0 radical (unpaired) electrons. The molecule has 3 aliphatic rings. The van der Waals surface area contributed by atoms with E-state index < -0.39 is 0 Å². The third kappa shape index (κ3) is 4.68. The van der Waals surface area contributed by atoms with Crippen LogP contribution in [0.3, 0.4) is 0 Å². The van der Waals surface area contributed by atoms with Crippen molar-refractivity contribution in [3.05, 3.63) is 88.5 Å². The largest absolute Gasteiger partial charge is 0.388 e. The maximum Gasteiger partial charge on any atom is 0.0796 e. The van der Waals surface area contributed by atoms with E-state index in [4.69, 9.17) is 9.47 Å². The highest BCUT2D eigenvalue weighted by Crippen LogP contribution is 2.43. The summed E-state index contributed by atoms with van der Waals surface area (Å²) >= 11 is 0. The average molecular weight is 431 g/mol. The van der Waals surface area contributed by atoms with Crippen LogP contribution < -0.4 is 5.32 Å². The SMILES string of the molecule is CNc1cccc(C2C3=C(CCc4ccccc42)CC(OCCN2CCOCC2)C=C3)c1. The van der Waals surface area contributed by atoms with Gasteiger partial charge in [0, 0.05) is 38.3 Å². The van der Waals surface area contributed by atoms with Gasteiger partial charge in [-0.25, -0.2) is 0 Å². The van der Waals surface area contributed by atoms with Gasteiger partial charge in [-0.3, -0.25) is 4.90 Å². The van der Waals surface area contributed by atoms with Crippen molar-refractivity contribution in [3.8, 4) is 0 Å². The van der Waals surface area contributed by atoms with E-state index in [1.165, 1.54) is 22.3 Å². The molecule has 2 atom stereocenters. The quantitative estimate of drug-likeness (QED) is 0.715. The number of nitrogens with one attached hydrogen (secondary N) is 1. The summed E-state index contributed by atoms with van der Waals surface area (Å²) in [5, 5.41) is 3.31. The number of benzene rings is 2. The zero-order valence-corrected chi connectivity index (χ0v) is 19.1. The van der Waals surface area contributed by atoms with Crippen molar-refractivity contribution >= 4 is 5.69 Å². The summed E-state index contributed by atoms with van der Waals surface area (Å²) in [6, 6.07) is 17.9. The number of anilines is 1. The lowest BCUT2D eigenvalue weighted by atomic mass is 9.79. The van der Waals surface area contributed by atoms with Crippen LogP contribution in [-0.4, -0.2) is 57.5 Å². The maximum atomic E-state index is 6.32. The zero-order chi connectivity index (χ0) is 21.8. The Kier molecular flexibility index (Phi) is 6.72. The molecule has 2 aromatic carbocycles. The topological polar surface area (TPSA) is 33.7 Å². The molecule has 32 heavy (non-hydrogen) atoms. The van der Waals surface area contributed by atoms with Gasteiger partial charge < -0.3 is 14.8 Å². The van der Waals surface area contributed by atoms with E-state index in [9.17, 15) is 0 Å². The summed E-state index contributed by atoms with van der Waals surface area (Å²) < 4.78 is 11.8. The number of aryl methyl sites for hydroxylation is 1. The van der Waals surface area contributed by atoms with Gasteiger partial charge in [-0.2, -0.15) is 0 Å². The fourth-order valence-corrected chi connectivity index (χ4v) is 5.31. The van der Waals surface area contributed by atoms with Crippen LogP contribution in [0.4, 0.5) is 5.69 Å². The molecule has 1 saturated heterocycles. The van der Waals surface area contributed by atoms with Gasteiger partial charge in [0.25, 0.3) is 0 Å². The predicted octanol–water partition coefficient (Wildman–Crippen LogP) is 4.78. The van der Waals surface area contributed by atoms with Gasteiger partial charge in [0.05, 0.1) is 25.9 Å². The fraction of sp³-hybridized carbons (Fsp3) is 0.429. The van der Waals surface area contributed by atoms with Crippen molar-refractivity contribution in [1.29, 1.82) is 0 Å². The molecule has 1 N–H and O–H groups in total. The minimum absolute atomic E-state index is 0.181. The van der Waals surface area contributed by atoms with Gasteiger partial charge in [0.2, 0.25) is 0 Å². The Balaban J connectivity index is 1.36. The Bertz CT molecular complexity index is 990. The van der Waals surface area contributed by atoms with Crippen molar-refractivity contribution in [1.82, 2.24) is 4.90 Å². The van der Waals surface area contributed by atoms with Gasteiger partial charge in [-0.05, 0) is 53.7 Å². The highest BCUT2D eigenvalue weighted by atomic mass is 16.5. The molecule has 0 amide bonds. The van der Waals surface area contributed by atoms with Crippen LogP contribution >= 0.6 is 0 Å². The van der Waals surface area contributed by atoms with E-state index in [1.807, 2.05) is 7.05 Å². The van der Waals surface area contributed by atoms with Gasteiger partial charge >= 0.3 is 0 Å². The van der Waals surface area contributed by atoms with Crippen LogP contribution in [0.25, 0.3) is 0 Å². The Hall–Kier alpha value is -2.40. The second-order valence-corrected chi connectivity index (χ2v) is 8.99. The van der Waals surface area contributed by atoms with Crippen molar-refractivity contribution in [3.63, 3.8) is 0 Å². The monoisotopic (exact) mass is 430 g/mol. The molecule has 1 heterocycles. The number of hydrogen-bond acceptors (Lipinski definition) is 4. The Morgan fingerprint density at radius 3 is 2.81 bits per heavy atom. The third-order valence-electron chi connectivity index (χ3n) is 7.07. The van der Waals surface area contributed by atoms with Gasteiger partial charge in [0.15, 0.2) is 0 Å². The first-order chi connectivity index (χ1) is 15.8. The minimum atomic E-state index is 0.181. The van der Waals surface area contributed by atoms with Crippen molar-refractivity contribution < 1.29 is 9.47 Å². The summed E-state index contributed by atoms with van der Waals surface area (Å²) in [5.74, 6) is 0.280. The van der Waals surface area contributed by atoms with Gasteiger partial charge in [-0.15, -0.1) is 0 Å². The summed E-state index contributed by atoms with van der Waals surface area (Å²) in [6.45, 7) is 5.50. The van der Waals surface area contributed by atoms with Crippen LogP contribution in [0.5, 0.6) is 0 Å². The van der Waals surface area contributed by atoms with Gasteiger partial charge in [0.1, 0.15) is 0 Å². The van der Waals surface area contributed by atoms with E-state index in [2.05, 4.69) is 70.9 Å². The molecule has 1 aliphatic heterocycles. The molecule has 4 nitrogen and oxygen atoms in total. The molecule has 0 spiro atoms. The van der Waals surface area contributed by atoms with E-state index in [1.54, 1.807) is 5.57 Å². The number of fused-ring (bicyclic) bond motifs is 1. The average Bonchev–Trinajstić information content (AvgIpc) is 3.01. The van der Waals surface area contributed by atoms with Crippen LogP contribution in [-0.2, 0) is 15.9 Å². The Morgan fingerprint density at radius 1 is 1.06 bits per heavy atom. The van der Waals surface area contributed by atoms with Crippen LogP contribution in [0.15, 0.2) is 71.8 Å². The van der Waals surface area contributed by atoms with Gasteiger partial charge in [-0.1, -0.05) is 54.1 Å². The first kappa shape index (κ1) is 21.4. The van der Waals surface area contributed by atoms with E-state index in [0.29, 0.717) is 0 Å². The highest BCUT2D eigenvalue weighted by molar-refractivity contribution is 5.56. The normalized spacial score (nSPS) is 23.4. The smallest absolute Gasteiger partial charge is 0.0796 e. The van der Waals surface area contributed by atoms with Crippen molar-refractivity contribution in [2.75, 3.05) is 51.8 Å². The molecular weight excluding hydrogens is 396 g/mol. The van der Waals surface area contributed by atoms with Crippen LogP contribution in [0.2, 0.25) is 0 Å². The van der Waals surface area contributed by atoms with E-state index >= 15 is 0 Å². The van der Waals surface area contributed by atoms with Crippen molar-refractivity contribution in [2.24, 2.45) is 0 Å². The molecule has 2 aromatic rings. The molecule has 0 saturated carbocycles. The van der Waals surface area contributed by atoms with E-state index in [0.717, 1.165) is 64.4 Å². The van der Waals surface area contributed by atoms with Crippen molar-refractivity contribution in [2.45, 2.75) is 31.3 Å². The minimum Gasteiger partial charge on any atom is -0.388 e. The molecule has 4 heteroatoms. The number of allylic oxidation sites excluding steroid dienone is 2. The summed E-state index contributed by atoms with van der Waals surface area (Å²) in [7, 11) is 1.99. The summed E-state index contributed by atoms with van der Waals surface area (Å²) in [4.78, 5) is 2.44. The third-order valence-corrected chi connectivity index (χ3v) is 7.07. The van der Waals surface area contributed by atoms with E-state index in [-0.39, 0.29) is 12.0 Å². The number of ether oxygens (including phenoxy) is 2. The zero-order valence-electron chi connectivity index (χ0n) is 19.1. The standard InChI is InChI=1S/C28H34N2O2/c1-29-24-7-4-6-23(19-24)28-26-8-3-2-5-21(26)9-10-22-20-25(11-12-27(22)28)32-18-15-30-13-16-31-17-14-30/h2-8,11-12,19,25,28-29H,9-10,13-18,20H2,1H3. The predicted molar refractivity (Wildman–Crippen MR) is 130 cm³/mol.